The zero-order chi connectivity index (χ0) is 20.8. The molecule has 1 aliphatic heterocycles. The van der Waals surface area contributed by atoms with E-state index in [9.17, 15) is 0 Å². The molecule has 3 aromatic rings. The van der Waals surface area contributed by atoms with Gasteiger partial charge in [-0.2, -0.15) is 0 Å². The Morgan fingerprint density at radius 2 is 1.90 bits per heavy atom. The molecule has 31 heavy (non-hydrogen) atoms. The molecule has 1 saturated heterocycles. The molecule has 164 valence electrons. The number of hydrogen-bond acceptors (Lipinski definition) is 3. The Labute approximate surface area is 202 Å². The van der Waals surface area contributed by atoms with Crippen LogP contribution in [0.5, 0.6) is 0 Å². The molecular formula is C25H32IN5. The van der Waals surface area contributed by atoms with Gasteiger partial charge in [0.25, 0.3) is 0 Å². The van der Waals surface area contributed by atoms with Gasteiger partial charge in [-0.3, -0.25) is 4.98 Å². The van der Waals surface area contributed by atoms with Gasteiger partial charge in [-0.05, 0) is 62.1 Å². The lowest BCUT2D eigenvalue weighted by Gasteiger charge is -2.22. The minimum Gasteiger partial charge on any atom is -0.372 e. The van der Waals surface area contributed by atoms with E-state index in [-0.39, 0.29) is 30.0 Å². The molecule has 0 bridgehead atoms. The molecule has 1 unspecified atom stereocenters. The maximum absolute atomic E-state index is 4.86. The topological polar surface area (TPSA) is 52.6 Å². The number of pyridine rings is 1. The van der Waals surface area contributed by atoms with E-state index >= 15 is 0 Å². The fourth-order valence-corrected chi connectivity index (χ4v) is 4.03. The molecule has 6 heteroatoms. The molecule has 4 rings (SSSR count). The van der Waals surface area contributed by atoms with Crippen molar-refractivity contribution in [3.05, 3.63) is 71.9 Å². The van der Waals surface area contributed by atoms with Gasteiger partial charge < -0.3 is 15.5 Å². The second-order valence-electron chi connectivity index (χ2n) is 7.84. The van der Waals surface area contributed by atoms with Crippen molar-refractivity contribution in [1.29, 1.82) is 0 Å². The maximum atomic E-state index is 4.86. The summed E-state index contributed by atoms with van der Waals surface area (Å²) >= 11 is 0. The molecule has 1 fully saturated rings. The number of rotatable bonds is 6. The number of aliphatic imine (C=N–C) groups is 1. The number of halogens is 1. The van der Waals surface area contributed by atoms with E-state index in [1.54, 1.807) is 0 Å². The van der Waals surface area contributed by atoms with Gasteiger partial charge in [0.15, 0.2) is 5.96 Å². The van der Waals surface area contributed by atoms with Crippen LogP contribution in [0.1, 0.15) is 43.9 Å². The fourth-order valence-electron chi connectivity index (χ4n) is 4.03. The van der Waals surface area contributed by atoms with Gasteiger partial charge in [-0.1, -0.05) is 30.3 Å². The molecule has 0 saturated carbocycles. The summed E-state index contributed by atoms with van der Waals surface area (Å²) in [4.78, 5) is 11.8. The van der Waals surface area contributed by atoms with Gasteiger partial charge in [-0.15, -0.1) is 24.0 Å². The molecule has 2 N–H and O–H groups in total. The van der Waals surface area contributed by atoms with Crippen LogP contribution in [0.4, 0.5) is 5.69 Å². The zero-order valence-corrected chi connectivity index (χ0v) is 20.7. The number of anilines is 1. The molecule has 1 atom stereocenters. The summed E-state index contributed by atoms with van der Waals surface area (Å²) in [5, 5.41) is 8.12. The molecule has 0 amide bonds. The Morgan fingerprint density at radius 1 is 1.10 bits per heavy atom. The lowest BCUT2D eigenvalue weighted by molar-refractivity contribution is 0.686. The number of para-hydroxylation sites is 1. The van der Waals surface area contributed by atoms with Crippen LogP contribution in [0.15, 0.2) is 65.8 Å². The van der Waals surface area contributed by atoms with Crippen molar-refractivity contribution in [2.24, 2.45) is 4.99 Å². The van der Waals surface area contributed by atoms with Crippen molar-refractivity contribution in [2.75, 3.05) is 24.5 Å². The SMILES string of the molecule is CCNC(=NCc1ccnc2ccccc12)NC(C)c1cccc(N2CCCC2)c1.I. The number of nitrogens with zero attached hydrogens (tertiary/aromatic N) is 3. The van der Waals surface area contributed by atoms with Crippen LogP contribution in [0.2, 0.25) is 0 Å². The summed E-state index contributed by atoms with van der Waals surface area (Å²) in [7, 11) is 0. The van der Waals surface area contributed by atoms with Crippen molar-refractivity contribution >= 4 is 46.5 Å². The first-order valence-corrected chi connectivity index (χ1v) is 11.0. The number of hydrogen-bond donors (Lipinski definition) is 2. The normalized spacial score (nSPS) is 14.9. The monoisotopic (exact) mass is 529 g/mol. The summed E-state index contributed by atoms with van der Waals surface area (Å²) in [6, 6.07) is 19.3. The second-order valence-corrected chi connectivity index (χ2v) is 7.84. The van der Waals surface area contributed by atoms with E-state index in [1.165, 1.54) is 29.7 Å². The van der Waals surface area contributed by atoms with E-state index in [0.717, 1.165) is 36.5 Å². The number of aromatic nitrogens is 1. The number of fused-ring (bicyclic) bond motifs is 1. The predicted molar refractivity (Wildman–Crippen MR) is 141 cm³/mol. The van der Waals surface area contributed by atoms with Crippen LogP contribution < -0.4 is 15.5 Å². The lowest BCUT2D eigenvalue weighted by Crippen LogP contribution is -2.38. The van der Waals surface area contributed by atoms with Crippen LogP contribution in [-0.4, -0.2) is 30.6 Å². The van der Waals surface area contributed by atoms with E-state index in [2.05, 4.69) is 76.8 Å². The lowest BCUT2D eigenvalue weighted by atomic mass is 10.1. The minimum absolute atomic E-state index is 0. The van der Waals surface area contributed by atoms with Gasteiger partial charge >= 0.3 is 0 Å². The molecule has 2 heterocycles. The summed E-state index contributed by atoms with van der Waals surface area (Å²) in [5.74, 6) is 0.831. The Balaban J connectivity index is 0.00000272. The highest BCUT2D eigenvalue weighted by atomic mass is 127. The van der Waals surface area contributed by atoms with Crippen LogP contribution in [-0.2, 0) is 6.54 Å². The second kappa shape index (κ2) is 11.3. The van der Waals surface area contributed by atoms with Crippen molar-refractivity contribution < 1.29 is 0 Å². The molecule has 1 aromatic heterocycles. The van der Waals surface area contributed by atoms with E-state index < -0.39 is 0 Å². The molecular weight excluding hydrogens is 497 g/mol. The first kappa shape index (κ1) is 23.3. The van der Waals surface area contributed by atoms with Crippen LogP contribution in [0.3, 0.4) is 0 Å². The third kappa shape index (κ3) is 5.87. The van der Waals surface area contributed by atoms with Crippen molar-refractivity contribution in [2.45, 2.75) is 39.3 Å². The van der Waals surface area contributed by atoms with Gasteiger partial charge in [-0.25, -0.2) is 4.99 Å². The summed E-state index contributed by atoms with van der Waals surface area (Å²) in [6.45, 7) is 8.04. The molecule has 0 radical (unpaired) electrons. The largest absolute Gasteiger partial charge is 0.372 e. The van der Waals surface area contributed by atoms with Gasteiger partial charge in [0.1, 0.15) is 0 Å². The van der Waals surface area contributed by atoms with Crippen LogP contribution >= 0.6 is 24.0 Å². The Morgan fingerprint density at radius 3 is 2.71 bits per heavy atom. The number of benzene rings is 2. The fraction of sp³-hybridized carbons (Fsp3) is 0.360. The Bertz CT molecular complexity index is 1010. The molecule has 0 spiro atoms. The van der Waals surface area contributed by atoms with E-state index in [1.807, 2.05) is 18.3 Å². The Hall–Kier alpha value is -2.35. The highest BCUT2D eigenvalue weighted by Gasteiger charge is 2.14. The van der Waals surface area contributed by atoms with Crippen LogP contribution in [0, 0.1) is 0 Å². The van der Waals surface area contributed by atoms with Gasteiger partial charge in [0.2, 0.25) is 0 Å². The molecule has 1 aliphatic rings. The first-order chi connectivity index (χ1) is 14.7. The minimum atomic E-state index is 0. The van der Waals surface area contributed by atoms with Crippen molar-refractivity contribution in [1.82, 2.24) is 15.6 Å². The highest BCUT2D eigenvalue weighted by molar-refractivity contribution is 14.0. The first-order valence-electron chi connectivity index (χ1n) is 11.0. The van der Waals surface area contributed by atoms with Gasteiger partial charge in [0.05, 0.1) is 18.1 Å². The molecule has 0 aliphatic carbocycles. The summed E-state index contributed by atoms with van der Waals surface area (Å²) < 4.78 is 0. The van der Waals surface area contributed by atoms with Gasteiger partial charge in [0, 0.05) is 36.9 Å². The maximum Gasteiger partial charge on any atom is 0.192 e. The molecule has 2 aromatic carbocycles. The van der Waals surface area contributed by atoms with E-state index in [4.69, 9.17) is 4.99 Å². The summed E-state index contributed by atoms with van der Waals surface area (Å²) in [6.07, 6.45) is 4.44. The van der Waals surface area contributed by atoms with Crippen molar-refractivity contribution in [3.8, 4) is 0 Å². The predicted octanol–water partition coefficient (Wildman–Crippen LogP) is 5.27. The quantitative estimate of drug-likeness (QED) is 0.260. The van der Waals surface area contributed by atoms with Crippen molar-refractivity contribution in [3.63, 3.8) is 0 Å². The van der Waals surface area contributed by atoms with E-state index in [0.29, 0.717) is 6.54 Å². The smallest absolute Gasteiger partial charge is 0.192 e. The third-order valence-corrected chi connectivity index (χ3v) is 5.69. The van der Waals surface area contributed by atoms with Crippen LogP contribution in [0.25, 0.3) is 10.9 Å². The zero-order valence-electron chi connectivity index (χ0n) is 18.3. The standard InChI is InChI=1S/C25H31N5.HI/c1-3-26-25(28-18-21-13-14-27-24-12-5-4-11-23(21)24)29-19(2)20-9-8-10-22(17-20)30-15-6-7-16-30;/h4-5,8-14,17,19H,3,6-7,15-16,18H2,1-2H3,(H2,26,28,29);1H. The molecule has 5 nitrogen and oxygen atoms in total. The number of nitrogens with one attached hydrogen (secondary N) is 2. The number of guanidine groups is 1. The Kier molecular flexibility index (Phi) is 8.51. The average Bonchev–Trinajstić information content (AvgIpc) is 3.33. The highest BCUT2D eigenvalue weighted by Crippen LogP contribution is 2.24. The summed E-state index contributed by atoms with van der Waals surface area (Å²) in [5.41, 5.74) is 4.79. The third-order valence-electron chi connectivity index (χ3n) is 5.69. The average molecular weight is 529 g/mol.